The highest BCUT2D eigenvalue weighted by Crippen LogP contribution is 2.43. The van der Waals surface area contributed by atoms with Crippen LogP contribution in [0.5, 0.6) is 0 Å². The molecule has 0 aliphatic carbocycles. The predicted molar refractivity (Wildman–Crippen MR) is 422 cm³/mol. The number of benzene rings is 14. The number of aromatic nitrogens is 9. The molecule has 102 heavy (non-hydrogen) atoms. The lowest BCUT2D eigenvalue weighted by atomic mass is 10.0. The first kappa shape index (κ1) is 56.2. The van der Waals surface area contributed by atoms with E-state index < -0.39 is 0 Å². The third kappa shape index (κ3) is 8.30. The first-order valence-corrected chi connectivity index (χ1v) is 34.7. The number of fused-ring (bicyclic) bond motifs is 18. The van der Waals surface area contributed by atoms with Crippen LogP contribution >= 0.6 is 0 Å². The van der Waals surface area contributed by atoms with Crippen LogP contribution in [-0.2, 0) is 0 Å². The number of hydrogen-bond acceptors (Lipinski definition) is 3. The Bertz CT molecular complexity index is 6610. The zero-order chi connectivity index (χ0) is 66.7. The molecule has 22 aromatic rings. The molecular weight excluding hydrogens is 1240 g/mol. The second-order valence-electron chi connectivity index (χ2n) is 26.7. The Morgan fingerprint density at radius 1 is 0.157 bits per heavy atom. The molecule has 0 aliphatic heterocycles. The number of nitrogens with zero attached hydrogens (tertiary/aromatic N) is 9. The Balaban J connectivity index is 0.695. The third-order valence-electron chi connectivity index (χ3n) is 21.2. The van der Waals surface area contributed by atoms with E-state index in [2.05, 4.69) is 373 Å². The summed E-state index contributed by atoms with van der Waals surface area (Å²) >= 11 is 0. The van der Waals surface area contributed by atoms with E-state index in [1.54, 1.807) is 0 Å². The minimum atomic E-state index is 0.628. The van der Waals surface area contributed by atoms with E-state index in [-0.39, 0.29) is 0 Å². The van der Waals surface area contributed by atoms with Crippen molar-refractivity contribution in [2.45, 2.75) is 0 Å². The topological polar surface area (TPSA) is 68.2 Å². The second kappa shape index (κ2) is 21.8. The minimum Gasteiger partial charge on any atom is -0.309 e. The van der Waals surface area contributed by atoms with E-state index >= 15 is 0 Å². The minimum absolute atomic E-state index is 0.628. The van der Waals surface area contributed by atoms with Gasteiger partial charge in [0.15, 0.2) is 5.82 Å². The highest BCUT2D eigenvalue weighted by atomic mass is 15.1. The van der Waals surface area contributed by atoms with Gasteiger partial charge in [0.05, 0.1) is 77.6 Å². The highest BCUT2D eigenvalue weighted by Gasteiger charge is 2.24. The maximum atomic E-state index is 5.71. The van der Waals surface area contributed by atoms with Gasteiger partial charge in [-0.3, -0.25) is 13.7 Å². The zero-order valence-electron chi connectivity index (χ0n) is 54.9. The quantitative estimate of drug-likeness (QED) is 0.145. The van der Waals surface area contributed by atoms with Crippen LogP contribution in [0.4, 0.5) is 0 Å². The summed E-state index contributed by atoms with van der Waals surface area (Å²) in [5.41, 5.74) is 21.6. The lowest BCUT2D eigenvalue weighted by Gasteiger charge is -2.15. The van der Waals surface area contributed by atoms with Gasteiger partial charge in [0, 0.05) is 99.3 Å². The summed E-state index contributed by atoms with van der Waals surface area (Å²) in [6, 6.07) is 125. The van der Waals surface area contributed by atoms with Gasteiger partial charge < -0.3 is 13.7 Å². The van der Waals surface area contributed by atoms with Crippen LogP contribution in [-0.4, -0.2) is 42.4 Å². The van der Waals surface area contributed by atoms with Gasteiger partial charge in [-0.15, -0.1) is 0 Å². The van der Waals surface area contributed by atoms with Crippen LogP contribution in [0.3, 0.4) is 0 Å². The number of hydrogen-bond donors (Lipinski definition) is 0. The monoisotopic (exact) mass is 1300 g/mol. The van der Waals surface area contributed by atoms with Crippen molar-refractivity contribution in [1.82, 2.24) is 42.4 Å². The summed E-state index contributed by atoms with van der Waals surface area (Å²) in [4.78, 5) is 16.8. The van der Waals surface area contributed by atoms with Crippen molar-refractivity contribution >= 4 is 131 Å². The SMILES string of the molecule is c1ccc2c(c1)c1ccccc1n2-c1ccc(-c2cc(-n3c4ccccc4c4ccccc43)cc(-n3c4ccccc4c4cc(-c5ccc6c(c5)c5ccccc5n6-c5cc(-n6c7ccccc7c7ccccc76)nc(-c6ccc(-n7c8ccccc8c8ccccc87)cc6)n5)ccc43)n2)cc1. The van der Waals surface area contributed by atoms with Crippen LogP contribution in [0.25, 0.3) is 199 Å². The Kier molecular flexibility index (Phi) is 12.0. The molecule has 0 atom stereocenters. The van der Waals surface area contributed by atoms with Crippen LogP contribution in [0.2, 0.25) is 0 Å². The average molecular weight is 1300 g/mol. The molecule has 0 radical (unpaired) electrons. The Morgan fingerprint density at radius 2 is 0.402 bits per heavy atom. The van der Waals surface area contributed by atoms with Gasteiger partial charge in [-0.1, -0.05) is 206 Å². The van der Waals surface area contributed by atoms with E-state index in [0.717, 1.165) is 139 Å². The van der Waals surface area contributed by atoms with Gasteiger partial charge in [0.2, 0.25) is 0 Å². The average Bonchev–Trinajstić information content (AvgIpc) is 1.58. The summed E-state index contributed by atoms with van der Waals surface area (Å²) in [5.74, 6) is 3.01. The smallest absolute Gasteiger partial charge is 0.163 e. The summed E-state index contributed by atoms with van der Waals surface area (Å²) in [6.07, 6.45) is 0. The van der Waals surface area contributed by atoms with Crippen molar-refractivity contribution in [3.05, 3.63) is 346 Å². The molecule has 0 N–H and O–H groups in total. The summed E-state index contributed by atoms with van der Waals surface area (Å²) in [7, 11) is 0. The maximum absolute atomic E-state index is 5.71. The van der Waals surface area contributed by atoms with Crippen molar-refractivity contribution in [3.8, 4) is 68.3 Å². The normalized spacial score (nSPS) is 12.1. The largest absolute Gasteiger partial charge is 0.309 e. The summed E-state index contributed by atoms with van der Waals surface area (Å²) in [6.45, 7) is 0. The number of para-hydroxylation sites is 10. The zero-order valence-corrected chi connectivity index (χ0v) is 54.9. The fourth-order valence-electron chi connectivity index (χ4n) is 16.8. The van der Waals surface area contributed by atoms with Crippen molar-refractivity contribution < 1.29 is 0 Å². The summed E-state index contributed by atoms with van der Waals surface area (Å²) < 4.78 is 14.1. The fourth-order valence-corrected chi connectivity index (χ4v) is 16.8. The van der Waals surface area contributed by atoms with Crippen molar-refractivity contribution in [2.24, 2.45) is 0 Å². The lowest BCUT2D eigenvalue weighted by Crippen LogP contribution is -2.06. The first-order chi connectivity index (χ1) is 50.6. The van der Waals surface area contributed by atoms with Gasteiger partial charge in [-0.2, -0.15) is 0 Å². The third-order valence-corrected chi connectivity index (χ3v) is 21.2. The second-order valence-corrected chi connectivity index (χ2v) is 26.7. The first-order valence-electron chi connectivity index (χ1n) is 34.7. The number of pyridine rings is 1. The Morgan fingerprint density at radius 3 is 0.725 bits per heavy atom. The summed E-state index contributed by atoms with van der Waals surface area (Å²) in [5, 5.41) is 14.2. The molecule has 8 aromatic heterocycles. The molecule has 9 nitrogen and oxygen atoms in total. The Hall–Kier alpha value is -13.9. The van der Waals surface area contributed by atoms with E-state index in [4.69, 9.17) is 15.0 Å². The molecule has 0 bridgehead atoms. The molecule has 0 spiro atoms. The maximum Gasteiger partial charge on any atom is 0.163 e. The molecule has 14 aromatic carbocycles. The van der Waals surface area contributed by atoms with Crippen LogP contribution < -0.4 is 0 Å². The molecule has 8 heterocycles. The standard InChI is InChI=1S/C93H57N9/c1-11-31-78-65(21-1)66-22-2-12-32-79(66)97(78)62-47-41-58(42-48-62)77-55-64(99-82-35-15-5-25-69(82)70-26-6-16-36-83(70)99)56-90(94-77)101-86-39-19-9-29-73(86)75-53-60(45-51-88(75)101)61-46-52-89-76(54-61)74-30-10-20-40-87(74)102(89)92-57-91(100-84-37-17-7-27-71(84)72-28-8-18-38-85(72)100)95-93(96-92)59-43-49-63(50-44-59)98-80-33-13-3-23-67(80)68-24-4-14-34-81(68)98/h1-57H. The highest BCUT2D eigenvalue weighted by molar-refractivity contribution is 6.15. The molecular formula is C93H57N9. The van der Waals surface area contributed by atoms with E-state index in [0.29, 0.717) is 5.82 Å². The van der Waals surface area contributed by atoms with Gasteiger partial charge >= 0.3 is 0 Å². The van der Waals surface area contributed by atoms with Crippen LogP contribution in [0.15, 0.2) is 346 Å². The Labute approximate surface area is 583 Å². The van der Waals surface area contributed by atoms with Gasteiger partial charge in [0.25, 0.3) is 0 Å². The molecule has 0 saturated heterocycles. The molecule has 0 amide bonds. The van der Waals surface area contributed by atoms with Crippen molar-refractivity contribution in [2.75, 3.05) is 0 Å². The molecule has 0 unspecified atom stereocenters. The van der Waals surface area contributed by atoms with Crippen molar-refractivity contribution in [3.63, 3.8) is 0 Å². The van der Waals surface area contributed by atoms with Crippen LogP contribution in [0, 0.1) is 0 Å². The fraction of sp³-hybridized carbons (Fsp3) is 0. The van der Waals surface area contributed by atoms with Crippen LogP contribution in [0.1, 0.15) is 0 Å². The van der Waals surface area contributed by atoms with Gasteiger partial charge in [-0.25, -0.2) is 15.0 Å². The van der Waals surface area contributed by atoms with Gasteiger partial charge in [0.1, 0.15) is 17.5 Å². The van der Waals surface area contributed by atoms with E-state index in [9.17, 15) is 0 Å². The van der Waals surface area contributed by atoms with Gasteiger partial charge in [-0.05, 0) is 139 Å². The molecule has 22 rings (SSSR count). The molecule has 9 heteroatoms. The molecule has 0 fully saturated rings. The van der Waals surface area contributed by atoms with Crippen molar-refractivity contribution in [1.29, 1.82) is 0 Å². The van der Waals surface area contributed by atoms with E-state index in [1.165, 1.54) is 54.1 Å². The predicted octanol–water partition coefficient (Wildman–Crippen LogP) is 23.5. The molecule has 474 valence electrons. The molecule has 0 aliphatic rings. The van der Waals surface area contributed by atoms with E-state index in [1.807, 2.05) is 0 Å². The number of rotatable bonds is 9. The molecule has 0 saturated carbocycles. The lowest BCUT2D eigenvalue weighted by molar-refractivity contribution is 0.994.